The van der Waals surface area contributed by atoms with E-state index in [9.17, 15) is 9.59 Å². The first kappa shape index (κ1) is 24.4. The fourth-order valence-electron chi connectivity index (χ4n) is 6.19. The topological polar surface area (TPSA) is 57.6 Å². The highest BCUT2D eigenvalue weighted by molar-refractivity contribution is 6.03. The summed E-state index contributed by atoms with van der Waals surface area (Å²) >= 11 is 0. The number of carbonyl (C=O) groups excluding carboxylic acids is 2. The molecular weight excluding hydrogens is 472 g/mol. The van der Waals surface area contributed by atoms with Gasteiger partial charge in [-0.05, 0) is 43.0 Å². The Kier molecular flexibility index (Phi) is 6.50. The monoisotopic (exact) mass is 506 g/mol. The minimum atomic E-state index is -0.993. The molecule has 194 valence electrons. The lowest BCUT2D eigenvalue weighted by atomic mass is 9.89. The van der Waals surface area contributed by atoms with E-state index in [4.69, 9.17) is 0 Å². The summed E-state index contributed by atoms with van der Waals surface area (Å²) < 4.78 is 2.04. The summed E-state index contributed by atoms with van der Waals surface area (Å²) in [6.45, 7) is 5.52. The molecule has 6 rings (SSSR count). The molecule has 0 saturated carbocycles. The molecule has 1 atom stereocenters. The van der Waals surface area contributed by atoms with Crippen molar-refractivity contribution in [3.63, 3.8) is 0 Å². The van der Waals surface area contributed by atoms with Crippen LogP contribution in [0.2, 0.25) is 0 Å². The van der Waals surface area contributed by atoms with Gasteiger partial charge < -0.3 is 14.8 Å². The fourth-order valence-corrected chi connectivity index (χ4v) is 6.19. The van der Waals surface area contributed by atoms with Gasteiger partial charge in [-0.3, -0.25) is 14.5 Å². The summed E-state index contributed by atoms with van der Waals surface area (Å²) in [5, 5.41) is 4.18. The van der Waals surface area contributed by atoms with Crippen LogP contribution in [0.5, 0.6) is 0 Å². The molecule has 0 bridgehead atoms. The van der Waals surface area contributed by atoms with Crippen LogP contribution in [0.4, 0.5) is 0 Å². The molecule has 0 unspecified atom stereocenters. The van der Waals surface area contributed by atoms with Gasteiger partial charge in [0.05, 0.1) is 6.54 Å². The predicted molar refractivity (Wildman–Crippen MR) is 150 cm³/mol. The maximum absolute atomic E-state index is 14.2. The summed E-state index contributed by atoms with van der Waals surface area (Å²) in [7, 11) is 0. The van der Waals surface area contributed by atoms with E-state index >= 15 is 0 Å². The normalized spacial score (nSPS) is 20.4. The van der Waals surface area contributed by atoms with E-state index in [-0.39, 0.29) is 17.9 Å². The average Bonchev–Trinajstić information content (AvgIpc) is 3.32. The molecule has 0 radical (unpaired) electrons. The Morgan fingerprint density at radius 1 is 0.895 bits per heavy atom. The van der Waals surface area contributed by atoms with Crippen molar-refractivity contribution in [2.45, 2.75) is 51.0 Å². The number of para-hydroxylation sites is 1. The SMILES string of the molecule is C[C@@]1(C(=O)NCc2ccccc2)Cn2c(cc3ccccc32)C(=O)N1C1CCN(Cc2ccccc2)CC1. The van der Waals surface area contributed by atoms with Crippen molar-refractivity contribution in [1.29, 1.82) is 0 Å². The maximum atomic E-state index is 14.2. The third kappa shape index (κ3) is 4.50. The number of rotatable bonds is 6. The van der Waals surface area contributed by atoms with Gasteiger partial charge >= 0.3 is 0 Å². The quantitative estimate of drug-likeness (QED) is 0.407. The van der Waals surface area contributed by atoms with E-state index in [1.165, 1.54) is 5.56 Å². The van der Waals surface area contributed by atoms with Crippen molar-refractivity contribution in [1.82, 2.24) is 19.7 Å². The van der Waals surface area contributed by atoms with E-state index in [1.54, 1.807) is 0 Å². The first-order valence-electron chi connectivity index (χ1n) is 13.5. The molecular formula is C32H34N4O2. The van der Waals surface area contributed by atoms with Crippen molar-refractivity contribution in [2.75, 3.05) is 13.1 Å². The van der Waals surface area contributed by atoms with Gasteiger partial charge in [0.1, 0.15) is 11.2 Å². The van der Waals surface area contributed by atoms with Crippen LogP contribution in [0, 0.1) is 0 Å². The molecule has 1 aromatic heterocycles. The summed E-state index contributed by atoms with van der Waals surface area (Å²) in [6.07, 6.45) is 1.70. The molecule has 1 N–H and O–H groups in total. The van der Waals surface area contributed by atoms with Crippen LogP contribution >= 0.6 is 0 Å². The van der Waals surface area contributed by atoms with E-state index in [2.05, 4.69) is 34.5 Å². The van der Waals surface area contributed by atoms with Crippen molar-refractivity contribution >= 4 is 22.7 Å². The number of benzene rings is 3. The summed E-state index contributed by atoms with van der Waals surface area (Å²) in [5.41, 5.74) is 3.02. The number of hydrogen-bond donors (Lipinski definition) is 1. The van der Waals surface area contributed by atoms with Gasteiger partial charge in [-0.1, -0.05) is 78.9 Å². The second-order valence-corrected chi connectivity index (χ2v) is 10.8. The minimum Gasteiger partial charge on any atom is -0.350 e. The van der Waals surface area contributed by atoms with Gasteiger partial charge in [0, 0.05) is 43.1 Å². The first-order valence-corrected chi connectivity index (χ1v) is 13.5. The Balaban J connectivity index is 1.28. The largest absolute Gasteiger partial charge is 0.350 e. The standard InChI is InChI=1S/C32H34N4O2/c1-32(31(38)33-21-24-10-4-2-5-11-24)23-35-28-15-9-8-14-26(28)20-29(35)30(37)36(32)27-16-18-34(19-17-27)22-25-12-6-3-7-13-25/h2-15,20,27H,16-19,21-23H2,1H3,(H,33,38)/t32-/m0/s1. The zero-order chi connectivity index (χ0) is 26.1. The molecule has 6 heteroatoms. The molecule has 2 aliphatic rings. The van der Waals surface area contributed by atoms with Gasteiger partial charge in [0.15, 0.2) is 0 Å². The number of hydrogen-bond acceptors (Lipinski definition) is 3. The maximum Gasteiger partial charge on any atom is 0.271 e. The number of aromatic nitrogens is 1. The van der Waals surface area contributed by atoms with Gasteiger partial charge in [0.2, 0.25) is 5.91 Å². The number of nitrogens with zero attached hydrogens (tertiary/aromatic N) is 3. The molecule has 3 heterocycles. The molecule has 2 amide bonds. The Hall–Kier alpha value is -3.90. The van der Waals surface area contributed by atoms with Crippen LogP contribution in [0.25, 0.3) is 10.9 Å². The van der Waals surface area contributed by atoms with Crippen molar-refractivity contribution in [3.8, 4) is 0 Å². The van der Waals surface area contributed by atoms with Crippen molar-refractivity contribution in [3.05, 3.63) is 108 Å². The van der Waals surface area contributed by atoms with Crippen LogP contribution < -0.4 is 5.32 Å². The van der Waals surface area contributed by atoms with Gasteiger partial charge in [0.25, 0.3) is 5.91 Å². The lowest BCUT2D eigenvalue weighted by molar-refractivity contribution is -0.135. The summed E-state index contributed by atoms with van der Waals surface area (Å²) in [6, 6.07) is 30.5. The van der Waals surface area contributed by atoms with Crippen LogP contribution in [-0.2, 0) is 24.4 Å². The average molecular weight is 507 g/mol. The van der Waals surface area contributed by atoms with Gasteiger partial charge in [-0.15, -0.1) is 0 Å². The Morgan fingerprint density at radius 3 is 2.24 bits per heavy atom. The third-order valence-corrected chi connectivity index (χ3v) is 8.20. The smallest absolute Gasteiger partial charge is 0.271 e. The Bertz CT molecular complexity index is 1440. The molecule has 0 aliphatic carbocycles. The lowest BCUT2D eigenvalue weighted by Gasteiger charge is -2.50. The van der Waals surface area contributed by atoms with Crippen LogP contribution in [0.3, 0.4) is 0 Å². The van der Waals surface area contributed by atoms with E-state index in [0.29, 0.717) is 18.8 Å². The second kappa shape index (κ2) is 10.1. The van der Waals surface area contributed by atoms with Crippen LogP contribution in [-0.4, -0.2) is 50.9 Å². The molecule has 3 aromatic carbocycles. The van der Waals surface area contributed by atoms with Gasteiger partial charge in [-0.25, -0.2) is 0 Å². The highest BCUT2D eigenvalue weighted by Gasteiger charge is 2.50. The zero-order valence-corrected chi connectivity index (χ0v) is 21.8. The second-order valence-electron chi connectivity index (χ2n) is 10.8. The fraction of sp³-hybridized carbons (Fsp3) is 0.312. The summed E-state index contributed by atoms with van der Waals surface area (Å²) in [4.78, 5) is 32.5. The number of piperidine rings is 1. The third-order valence-electron chi connectivity index (χ3n) is 8.20. The molecule has 6 nitrogen and oxygen atoms in total. The van der Waals surface area contributed by atoms with Crippen LogP contribution in [0.1, 0.15) is 41.4 Å². The Morgan fingerprint density at radius 2 is 1.53 bits per heavy atom. The van der Waals surface area contributed by atoms with Crippen LogP contribution in [0.15, 0.2) is 91.0 Å². The van der Waals surface area contributed by atoms with E-state index < -0.39 is 5.54 Å². The molecule has 38 heavy (non-hydrogen) atoms. The Labute approximate surface area is 223 Å². The first-order chi connectivity index (χ1) is 18.5. The predicted octanol–water partition coefficient (Wildman–Crippen LogP) is 4.84. The number of likely N-dealkylation sites (tertiary alicyclic amines) is 1. The summed E-state index contributed by atoms with van der Waals surface area (Å²) in [5.74, 6) is -0.156. The zero-order valence-electron chi connectivity index (χ0n) is 21.8. The van der Waals surface area contributed by atoms with E-state index in [0.717, 1.165) is 48.9 Å². The minimum absolute atomic E-state index is 0.00811. The van der Waals surface area contributed by atoms with Crippen molar-refractivity contribution in [2.24, 2.45) is 0 Å². The molecule has 2 aliphatic heterocycles. The number of carbonyl (C=O) groups is 2. The van der Waals surface area contributed by atoms with E-state index in [1.807, 2.05) is 83.1 Å². The van der Waals surface area contributed by atoms with Gasteiger partial charge in [-0.2, -0.15) is 0 Å². The number of fused-ring (bicyclic) bond motifs is 3. The highest BCUT2D eigenvalue weighted by Crippen LogP contribution is 2.36. The molecule has 4 aromatic rings. The lowest BCUT2D eigenvalue weighted by Crippen LogP contribution is -2.67. The van der Waals surface area contributed by atoms with Crippen molar-refractivity contribution < 1.29 is 9.59 Å². The molecule has 1 saturated heterocycles. The number of nitrogens with one attached hydrogen (secondary N) is 1. The highest BCUT2D eigenvalue weighted by atomic mass is 16.2. The number of amides is 2. The molecule has 0 spiro atoms. The molecule has 1 fully saturated rings.